The summed E-state index contributed by atoms with van der Waals surface area (Å²) in [5.41, 5.74) is 0. The standard InChI is InChI=1S/C12H16ClN3OS/c1-3-7(17)6-14-10-9-5-8(4-2)18-11(9)16-12(13)15-10/h5,7,17H,3-4,6H2,1-2H3,(H,14,15,16). The fraction of sp³-hybridized carbons (Fsp3) is 0.500. The third-order valence-corrected chi connectivity index (χ3v) is 4.08. The van der Waals surface area contributed by atoms with Crippen molar-refractivity contribution in [2.75, 3.05) is 11.9 Å². The molecule has 1 atom stereocenters. The van der Waals surface area contributed by atoms with E-state index in [1.807, 2.05) is 6.92 Å². The normalized spacial score (nSPS) is 12.9. The van der Waals surface area contributed by atoms with Gasteiger partial charge >= 0.3 is 0 Å². The summed E-state index contributed by atoms with van der Waals surface area (Å²) >= 11 is 7.53. The van der Waals surface area contributed by atoms with Crippen molar-refractivity contribution in [1.29, 1.82) is 0 Å². The summed E-state index contributed by atoms with van der Waals surface area (Å²) in [4.78, 5) is 10.6. The highest BCUT2D eigenvalue weighted by Gasteiger charge is 2.11. The van der Waals surface area contributed by atoms with Gasteiger partial charge in [-0.2, -0.15) is 0 Å². The number of aromatic nitrogens is 2. The average Bonchev–Trinajstić information content (AvgIpc) is 2.78. The largest absolute Gasteiger partial charge is 0.391 e. The van der Waals surface area contributed by atoms with Crippen molar-refractivity contribution < 1.29 is 5.11 Å². The van der Waals surface area contributed by atoms with Crippen LogP contribution in [-0.2, 0) is 6.42 Å². The van der Waals surface area contributed by atoms with E-state index >= 15 is 0 Å². The first kappa shape index (κ1) is 13.5. The van der Waals surface area contributed by atoms with E-state index in [0.29, 0.717) is 18.8 Å². The first-order chi connectivity index (χ1) is 8.63. The van der Waals surface area contributed by atoms with Gasteiger partial charge in [-0.05, 0) is 30.5 Å². The number of halogens is 1. The molecule has 0 aromatic carbocycles. The van der Waals surface area contributed by atoms with Crippen LogP contribution in [0.4, 0.5) is 5.82 Å². The number of aliphatic hydroxyl groups excluding tert-OH is 1. The monoisotopic (exact) mass is 285 g/mol. The minimum atomic E-state index is -0.377. The molecule has 0 saturated carbocycles. The zero-order valence-electron chi connectivity index (χ0n) is 10.4. The molecule has 0 fully saturated rings. The van der Waals surface area contributed by atoms with Crippen LogP contribution in [0.15, 0.2) is 6.07 Å². The summed E-state index contributed by atoms with van der Waals surface area (Å²) < 4.78 is 0. The molecule has 4 nitrogen and oxygen atoms in total. The molecule has 0 bridgehead atoms. The molecule has 0 spiro atoms. The topological polar surface area (TPSA) is 58.0 Å². The second kappa shape index (κ2) is 5.82. The maximum Gasteiger partial charge on any atom is 0.225 e. The van der Waals surface area contributed by atoms with Crippen LogP contribution < -0.4 is 5.32 Å². The predicted octanol–water partition coefficient (Wildman–Crippen LogP) is 3.09. The average molecular weight is 286 g/mol. The van der Waals surface area contributed by atoms with Crippen molar-refractivity contribution in [2.45, 2.75) is 32.8 Å². The van der Waals surface area contributed by atoms with Gasteiger partial charge in [-0.1, -0.05) is 13.8 Å². The molecule has 98 valence electrons. The SMILES string of the molecule is CCc1cc2c(NCC(O)CC)nc(Cl)nc2s1. The molecule has 2 aromatic rings. The van der Waals surface area contributed by atoms with Crippen molar-refractivity contribution in [3.8, 4) is 0 Å². The van der Waals surface area contributed by atoms with Gasteiger partial charge in [-0.15, -0.1) is 11.3 Å². The molecular weight excluding hydrogens is 270 g/mol. The Morgan fingerprint density at radius 3 is 2.89 bits per heavy atom. The summed E-state index contributed by atoms with van der Waals surface area (Å²) in [7, 11) is 0. The first-order valence-electron chi connectivity index (χ1n) is 6.02. The lowest BCUT2D eigenvalue weighted by Crippen LogP contribution is -2.18. The van der Waals surface area contributed by atoms with Gasteiger partial charge in [0.25, 0.3) is 0 Å². The van der Waals surface area contributed by atoms with Crippen LogP contribution in [-0.4, -0.2) is 27.7 Å². The smallest absolute Gasteiger partial charge is 0.225 e. The molecule has 2 heterocycles. The molecule has 2 rings (SSSR count). The Hall–Kier alpha value is -0.910. The highest BCUT2D eigenvalue weighted by atomic mass is 35.5. The lowest BCUT2D eigenvalue weighted by molar-refractivity contribution is 0.183. The van der Waals surface area contributed by atoms with Gasteiger partial charge in [0.15, 0.2) is 0 Å². The molecule has 0 aliphatic heterocycles. The lowest BCUT2D eigenvalue weighted by Gasteiger charge is -2.10. The number of hydrogen-bond acceptors (Lipinski definition) is 5. The van der Waals surface area contributed by atoms with Crippen LogP contribution in [0.1, 0.15) is 25.1 Å². The molecule has 0 amide bonds. The van der Waals surface area contributed by atoms with Crippen molar-refractivity contribution in [1.82, 2.24) is 9.97 Å². The minimum absolute atomic E-state index is 0.237. The second-order valence-electron chi connectivity index (χ2n) is 4.07. The molecule has 0 aliphatic rings. The Morgan fingerprint density at radius 1 is 1.44 bits per heavy atom. The van der Waals surface area contributed by atoms with Crippen LogP contribution in [0, 0.1) is 0 Å². The van der Waals surface area contributed by atoms with E-state index in [2.05, 4.69) is 28.3 Å². The van der Waals surface area contributed by atoms with Gasteiger partial charge in [0.05, 0.1) is 11.5 Å². The molecule has 0 saturated heterocycles. The number of nitrogens with zero attached hydrogens (tertiary/aromatic N) is 2. The first-order valence-corrected chi connectivity index (χ1v) is 7.21. The fourth-order valence-corrected chi connectivity index (χ4v) is 2.80. The lowest BCUT2D eigenvalue weighted by atomic mass is 10.2. The van der Waals surface area contributed by atoms with Gasteiger partial charge in [0.2, 0.25) is 5.28 Å². The summed E-state index contributed by atoms with van der Waals surface area (Å²) in [6, 6.07) is 2.08. The van der Waals surface area contributed by atoms with Crippen molar-refractivity contribution in [3.05, 3.63) is 16.2 Å². The Labute approximate surface area is 115 Å². The van der Waals surface area contributed by atoms with Crippen molar-refractivity contribution in [2.24, 2.45) is 0 Å². The van der Waals surface area contributed by atoms with Crippen molar-refractivity contribution >= 4 is 39.0 Å². The molecule has 0 aliphatic carbocycles. The summed E-state index contributed by atoms with van der Waals surface area (Å²) in [5, 5.41) is 13.9. The van der Waals surface area contributed by atoms with E-state index < -0.39 is 0 Å². The maximum absolute atomic E-state index is 9.58. The number of aryl methyl sites for hydroxylation is 1. The molecule has 2 aromatic heterocycles. The Morgan fingerprint density at radius 2 is 2.22 bits per heavy atom. The summed E-state index contributed by atoms with van der Waals surface area (Å²) in [6.45, 7) is 4.51. The molecule has 1 unspecified atom stereocenters. The van der Waals surface area contributed by atoms with Crippen LogP contribution >= 0.6 is 22.9 Å². The number of aliphatic hydroxyl groups is 1. The van der Waals surface area contributed by atoms with E-state index in [0.717, 1.165) is 16.6 Å². The third kappa shape index (κ3) is 2.91. The Kier molecular flexibility index (Phi) is 4.37. The maximum atomic E-state index is 9.58. The third-order valence-electron chi connectivity index (χ3n) is 2.74. The number of hydrogen-bond donors (Lipinski definition) is 2. The molecule has 18 heavy (non-hydrogen) atoms. The van der Waals surface area contributed by atoms with Crippen molar-refractivity contribution in [3.63, 3.8) is 0 Å². The highest BCUT2D eigenvalue weighted by Crippen LogP contribution is 2.30. The molecular formula is C12H16ClN3OS. The summed E-state index contributed by atoms with van der Waals surface area (Å²) in [6.07, 6.45) is 1.30. The number of rotatable bonds is 5. The van der Waals surface area contributed by atoms with Crippen LogP contribution in [0.3, 0.4) is 0 Å². The van der Waals surface area contributed by atoms with Crippen LogP contribution in [0.5, 0.6) is 0 Å². The van der Waals surface area contributed by atoms with Gasteiger partial charge in [-0.25, -0.2) is 9.97 Å². The number of thiophene rings is 1. The minimum Gasteiger partial charge on any atom is -0.391 e. The Bertz CT molecular complexity index is 543. The van der Waals surface area contributed by atoms with E-state index in [4.69, 9.17) is 11.6 Å². The van der Waals surface area contributed by atoms with E-state index in [-0.39, 0.29) is 11.4 Å². The molecule has 0 radical (unpaired) electrons. The zero-order valence-corrected chi connectivity index (χ0v) is 12.0. The molecule has 6 heteroatoms. The fourth-order valence-electron chi connectivity index (χ4n) is 1.61. The van der Waals surface area contributed by atoms with E-state index in [9.17, 15) is 5.11 Å². The van der Waals surface area contributed by atoms with Crippen LogP contribution in [0.2, 0.25) is 5.28 Å². The predicted molar refractivity (Wildman–Crippen MR) is 76.6 cm³/mol. The van der Waals surface area contributed by atoms with Gasteiger partial charge in [-0.3, -0.25) is 0 Å². The van der Waals surface area contributed by atoms with Gasteiger partial charge in [0.1, 0.15) is 10.6 Å². The number of fused-ring (bicyclic) bond motifs is 1. The van der Waals surface area contributed by atoms with Crippen LogP contribution in [0.25, 0.3) is 10.2 Å². The molecule has 2 N–H and O–H groups in total. The highest BCUT2D eigenvalue weighted by molar-refractivity contribution is 7.18. The van der Waals surface area contributed by atoms with E-state index in [1.54, 1.807) is 11.3 Å². The van der Waals surface area contributed by atoms with Gasteiger partial charge < -0.3 is 10.4 Å². The quantitative estimate of drug-likeness (QED) is 0.829. The Balaban J connectivity index is 2.32. The number of nitrogens with one attached hydrogen (secondary N) is 1. The second-order valence-corrected chi connectivity index (χ2v) is 5.52. The summed E-state index contributed by atoms with van der Waals surface area (Å²) in [5.74, 6) is 0.702. The zero-order chi connectivity index (χ0) is 13.1. The number of anilines is 1. The van der Waals surface area contributed by atoms with E-state index in [1.165, 1.54) is 4.88 Å². The van der Waals surface area contributed by atoms with Gasteiger partial charge in [0, 0.05) is 11.4 Å².